The van der Waals surface area contributed by atoms with Crippen LogP contribution in [0, 0.1) is 13.8 Å². The van der Waals surface area contributed by atoms with Crippen molar-refractivity contribution in [3.63, 3.8) is 0 Å². The molecular formula is C20H28N4O. The second kappa shape index (κ2) is 8.19. The second-order valence-corrected chi connectivity index (χ2v) is 7.07. The van der Waals surface area contributed by atoms with Crippen molar-refractivity contribution in [3.8, 4) is 0 Å². The molecule has 1 fully saturated rings. The number of rotatable bonds is 4. The third kappa shape index (κ3) is 5.08. The van der Waals surface area contributed by atoms with Gasteiger partial charge in [0.05, 0.1) is 12.2 Å². The Bertz CT molecular complexity index is 714. The van der Waals surface area contributed by atoms with Crippen molar-refractivity contribution >= 4 is 11.7 Å². The Kier molecular flexibility index (Phi) is 5.74. The maximum absolute atomic E-state index is 12.3. The summed E-state index contributed by atoms with van der Waals surface area (Å²) >= 11 is 0. The molecule has 0 spiro atoms. The molecule has 0 radical (unpaired) electrons. The van der Waals surface area contributed by atoms with E-state index in [-0.39, 0.29) is 6.03 Å². The van der Waals surface area contributed by atoms with Gasteiger partial charge < -0.3 is 10.6 Å². The average molecular weight is 340 g/mol. The van der Waals surface area contributed by atoms with Crippen LogP contribution in [0.1, 0.15) is 55.5 Å². The lowest BCUT2D eigenvalue weighted by Crippen LogP contribution is -2.37. The van der Waals surface area contributed by atoms with Crippen LogP contribution >= 0.6 is 0 Å². The summed E-state index contributed by atoms with van der Waals surface area (Å²) in [5.41, 5.74) is 4.11. The Morgan fingerprint density at radius 2 is 1.92 bits per heavy atom. The first kappa shape index (κ1) is 17.5. The van der Waals surface area contributed by atoms with Gasteiger partial charge in [-0.25, -0.2) is 4.79 Å². The largest absolute Gasteiger partial charge is 0.335 e. The fraction of sp³-hybridized carbons (Fsp3) is 0.500. The van der Waals surface area contributed by atoms with E-state index in [2.05, 4.69) is 34.8 Å². The van der Waals surface area contributed by atoms with E-state index >= 15 is 0 Å². The van der Waals surface area contributed by atoms with Gasteiger partial charge in [0.15, 0.2) is 0 Å². The highest BCUT2D eigenvalue weighted by Crippen LogP contribution is 2.18. The molecule has 1 aromatic carbocycles. The normalized spacial score (nSPS) is 15.6. The number of aryl methyl sites for hydroxylation is 2. The minimum absolute atomic E-state index is 0.102. The molecule has 0 saturated heterocycles. The van der Waals surface area contributed by atoms with Crippen LogP contribution in [-0.4, -0.2) is 21.9 Å². The molecule has 0 aliphatic heterocycles. The number of urea groups is 1. The lowest BCUT2D eigenvalue weighted by atomic mass is 10.1. The number of amides is 2. The van der Waals surface area contributed by atoms with E-state index in [4.69, 9.17) is 0 Å². The fourth-order valence-corrected chi connectivity index (χ4v) is 3.53. The lowest BCUT2D eigenvalue weighted by Gasteiger charge is -2.17. The summed E-state index contributed by atoms with van der Waals surface area (Å²) < 4.78 is 1.99. The molecule has 1 aliphatic rings. The minimum Gasteiger partial charge on any atom is -0.335 e. The van der Waals surface area contributed by atoms with Crippen LogP contribution in [0.2, 0.25) is 0 Å². The van der Waals surface area contributed by atoms with Crippen LogP contribution in [0.4, 0.5) is 10.5 Å². The van der Waals surface area contributed by atoms with Crippen molar-refractivity contribution in [2.75, 3.05) is 5.32 Å². The Balaban J connectivity index is 1.59. The third-order valence-corrected chi connectivity index (χ3v) is 4.81. The van der Waals surface area contributed by atoms with Gasteiger partial charge in [-0.1, -0.05) is 37.8 Å². The zero-order chi connectivity index (χ0) is 17.6. The molecule has 2 aromatic rings. The van der Waals surface area contributed by atoms with E-state index in [0.717, 1.165) is 35.5 Å². The van der Waals surface area contributed by atoms with Crippen molar-refractivity contribution in [1.29, 1.82) is 0 Å². The van der Waals surface area contributed by atoms with E-state index in [1.54, 1.807) is 0 Å². The number of aromatic nitrogens is 2. The number of hydrogen-bond acceptors (Lipinski definition) is 2. The van der Waals surface area contributed by atoms with Gasteiger partial charge in [0, 0.05) is 17.4 Å². The molecule has 1 aliphatic carbocycles. The van der Waals surface area contributed by atoms with Gasteiger partial charge in [-0.3, -0.25) is 4.68 Å². The zero-order valence-electron chi connectivity index (χ0n) is 15.2. The summed E-state index contributed by atoms with van der Waals surface area (Å²) in [4.78, 5) is 12.3. The van der Waals surface area contributed by atoms with Gasteiger partial charge >= 0.3 is 6.03 Å². The molecule has 1 heterocycles. The molecule has 25 heavy (non-hydrogen) atoms. The quantitative estimate of drug-likeness (QED) is 0.811. The highest BCUT2D eigenvalue weighted by molar-refractivity contribution is 5.89. The molecule has 1 saturated carbocycles. The predicted molar refractivity (Wildman–Crippen MR) is 101 cm³/mol. The first-order valence-electron chi connectivity index (χ1n) is 9.28. The standard InChI is InChI=1S/C20H28N4O/c1-15-12-16(2)24(23-15)14-17-8-7-11-19(13-17)22-20(25)21-18-9-5-3-4-6-10-18/h7-8,11-13,18H,3-6,9-10,14H2,1-2H3,(H2,21,22,25). The van der Waals surface area contributed by atoms with Crippen molar-refractivity contribution < 1.29 is 4.79 Å². The van der Waals surface area contributed by atoms with Crippen molar-refractivity contribution in [2.24, 2.45) is 0 Å². The predicted octanol–water partition coefficient (Wildman–Crippen LogP) is 4.39. The smallest absolute Gasteiger partial charge is 0.319 e. The lowest BCUT2D eigenvalue weighted by molar-refractivity contribution is 0.247. The zero-order valence-corrected chi connectivity index (χ0v) is 15.2. The van der Waals surface area contributed by atoms with Gasteiger partial charge in [-0.2, -0.15) is 5.10 Å². The maximum Gasteiger partial charge on any atom is 0.319 e. The number of anilines is 1. The van der Waals surface area contributed by atoms with Crippen LogP contribution in [0.15, 0.2) is 30.3 Å². The molecule has 134 valence electrons. The molecule has 2 amide bonds. The molecule has 1 aromatic heterocycles. The number of benzene rings is 1. The first-order valence-corrected chi connectivity index (χ1v) is 9.28. The third-order valence-electron chi connectivity index (χ3n) is 4.81. The number of carbonyl (C=O) groups is 1. The highest BCUT2D eigenvalue weighted by Gasteiger charge is 2.14. The Morgan fingerprint density at radius 1 is 1.16 bits per heavy atom. The molecule has 2 N–H and O–H groups in total. The molecule has 5 nitrogen and oxygen atoms in total. The Hall–Kier alpha value is -2.30. The Morgan fingerprint density at radius 3 is 2.60 bits per heavy atom. The number of carbonyl (C=O) groups excluding carboxylic acids is 1. The number of nitrogens with one attached hydrogen (secondary N) is 2. The van der Waals surface area contributed by atoms with Crippen LogP contribution in [-0.2, 0) is 6.54 Å². The fourth-order valence-electron chi connectivity index (χ4n) is 3.53. The van der Waals surface area contributed by atoms with Gasteiger partial charge in [0.2, 0.25) is 0 Å². The van der Waals surface area contributed by atoms with Gasteiger partial charge in [0.1, 0.15) is 0 Å². The van der Waals surface area contributed by atoms with Crippen molar-refractivity contribution in [3.05, 3.63) is 47.3 Å². The summed E-state index contributed by atoms with van der Waals surface area (Å²) in [5, 5.41) is 10.6. The average Bonchev–Trinajstić information content (AvgIpc) is 2.76. The van der Waals surface area contributed by atoms with E-state index in [9.17, 15) is 4.79 Å². The molecule has 3 rings (SSSR count). The van der Waals surface area contributed by atoms with E-state index in [1.165, 1.54) is 25.7 Å². The van der Waals surface area contributed by atoms with Gasteiger partial charge in [-0.05, 0) is 50.5 Å². The second-order valence-electron chi connectivity index (χ2n) is 7.07. The summed E-state index contributed by atoms with van der Waals surface area (Å²) in [6.45, 7) is 4.76. The summed E-state index contributed by atoms with van der Waals surface area (Å²) in [6, 6.07) is 10.3. The summed E-state index contributed by atoms with van der Waals surface area (Å²) in [7, 11) is 0. The van der Waals surface area contributed by atoms with Gasteiger partial charge in [-0.15, -0.1) is 0 Å². The maximum atomic E-state index is 12.3. The van der Waals surface area contributed by atoms with Gasteiger partial charge in [0.25, 0.3) is 0 Å². The van der Waals surface area contributed by atoms with E-state index < -0.39 is 0 Å². The molecule has 5 heteroatoms. The Labute approximate surface area is 149 Å². The van der Waals surface area contributed by atoms with E-state index in [1.807, 2.05) is 29.8 Å². The van der Waals surface area contributed by atoms with Crippen LogP contribution in [0.3, 0.4) is 0 Å². The number of hydrogen-bond donors (Lipinski definition) is 2. The highest BCUT2D eigenvalue weighted by atomic mass is 16.2. The molecule has 0 bridgehead atoms. The number of nitrogens with zero attached hydrogens (tertiary/aromatic N) is 2. The van der Waals surface area contributed by atoms with Crippen molar-refractivity contribution in [1.82, 2.24) is 15.1 Å². The summed E-state index contributed by atoms with van der Waals surface area (Å²) in [6.07, 6.45) is 7.17. The monoisotopic (exact) mass is 340 g/mol. The van der Waals surface area contributed by atoms with Crippen molar-refractivity contribution in [2.45, 2.75) is 65.0 Å². The van der Waals surface area contributed by atoms with Crippen LogP contribution in [0.5, 0.6) is 0 Å². The van der Waals surface area contributed by atoms with E-state index in [0.29, 0.717) is 12.6 Å². The van der Waals surface area contributed by atoms with Crippen LogP contribution in [0.25, 0.3) is 0 Å². The SMILES string of the molecule is Cc1cc(C)n(Cc2cccc(NC(=O)NC3CCCCCC3)c2)n1. The summed E-state index contributed by atoms with van der Waals surface area (Å²) in [5.74, 6) is 0. The van der Waals surface area contributed by atoms with Crippen LogP contribution < -0.4 is 10.6 Å². The minimum atomic E-state index is -0.102. The topological polar surface area (TPSA) is 59.0 Å². The molecule has 0 atom stereocenters. The first-order chi connectivity index (χ1) is 12.1. The molecular weight excluding hydrogens is 312 g/mol. The molecule has 0 unspecified atom stereocenters.